The van der Waals surface area contributed by atoms with Gasteiger partial charge in [-0.2, -0.15) is 0 Å². The minimum atomic E-state index is 0.699. The Bertz CT molecular complexity index is 703. The SMILES string of the molecule is CN=CC1=CC=C(CCCCCCC2C=CC=C2)Cc2ccccc21. The Morgan fingerprint density at radius 3 is 2.64 bits per heavy atom. The highest BCUT2D eigenvalue weighted by Gasteiger charge is 2.11. The van der Waals surface area contributed by atoms with Crippen molar-refractivity contribution in [3.8, 4) is 0 Å². The fourth-order valence-corrected chi connectivity index (χ4v) is 3.74. The van der Waals surface area contributed by atoms with Crippen LogP contribution in [0.1, 0.15) is 49.7 Å². The molecular formula is C24H29N. The normalized spacial score (nSPS) is 16.8. The van der Waals surface area contributed by atoms with Crippen molar-refractivity contribution in [1.82, 2.24) is 0 Å². The Balaban J connectivity index is 1.48. The van der Waals surface area contributed by atoms with Crippen molar-refractivity contribution < 1.29 is 0 Å². The van der Waals surface area contributed by atoms with Crippen LogP contribution in [0.15, 0.2) is 71.3 Å². The second-order valence-corrected chi connectivity index (χ2v) is 7.05. The molecule has 2 aliphatic rings. The fourth-order valence-electron chi connectivity index (χ4n) is 3.74. The first kappa shape index (κ1) is 17.7. The summed E-state index contributed by atoms with van der Waals surface area (Å²) < 4.78 is 0. The third kappa shape index (κ3) is 5.16. The average molecular weight is 332 g/mol. The highest BCUT2D eigenvalue weighted by Crippen LogP contribution is 2.27. The molecule has 25 heavy (non-hydrogen) atoms. The monoisotopic (exact) mass is 331 g/mol. The standard InChI is InChI=1S/C24H29N/c1-25-19-23-17-16-21(18-22-14-8-9-15-24(22)23)13-5-3-2-4-10-20-11-6-7-12-20/h6-9,11-12,14-17,19-20H,2-5,10,13,18H2,1H3. The Kier molecular flexibility index (Phi) is 6.62. The molecule has 0 aliphatic heterocycles. The van der Waals surface area contributed by atoms with Gasteiger partial charge >= 0.3 is 0 Å². The second-order valence-electron chi connectivity index (χ2n) is 7.05. The van der Waals surface area contributed by atoms with Crippen molar-refractivity contribution in [2.24, 2.45) is 10.9 Å². The number of fused-ring (bicyclic) bond motifs is 1. The molecule has 0 heterocycles. The van der Waals surface area contributed by atoms with Crippen molar-refractivity contribution in [3.63, 3.8) is 0 Å². The van der Waals surface area contributed by atoms with Gasteiger partial charge in [-0.25, -0.2) is 0 Å². The number of benzene rings is 1. The molecule has 0 bridgehead atoms. The summed E-state index contributed by atoms with van der Waals surface area (Å²) in [6.07, 6.45) is 24.5. The van der Waals surface area contributed by atoms with E-state index >= 15 is 0 Å². The summed E-state index contributed by atoms with van der Waals surface area (Å²) >= 11 is 0. The largest absolute Gasteiger partial charge is 0.296 e. The van der Waals surface area contributed by atoms with Crippen molar-refractivity contribution in [2.75, 3.05) is 7.05 Å². The number of aliphatic imine (C=N–C) groups is 1. The molecule has 0 saturated carbocycles. The van der Waals surface area contributed by atoms with Crippen LogP contribution in [-0.2, 0) is 6.42 Å². The van der Waals surface area contributed by atoms with Crippen LogP contribution in [0.4, 0.5) is 0 Å². The van der Waals surface area contributed by atoms with Gasteiger partial charge < -0.3 is 0 Å². The van der Waals surface area contributed by atoms with Gasteiger partial charge in [0.1, 0.15) is 0 Å². The van der Waals surface area contributed by atoms with E-state index in [1.807, 2.05) is 13.3 Å². The summed E-state index contributed by atoms with van der Waals surface area (Å²) in [5.41, 5.74) is 5.54. The molecule has 3 rings (SSSR count). The first-order valence-corrected chi connectivity index (χ1v) is 9.62. The lowest BCUT2D eigenvalue weighted by Crippen LogP contribution is -1.95. The molecule has 0 saturated heterocycles. The maximum atomic E-state index is 4.22. The summed E-state index contributed by atoms with van der Waals surface area (Å²) in [5.74, 6) is 0.699. The van der Waals surface area contributed by atoms with Gasteiger partial charge in [-0.05, 0) is 48.3 Å². The summed E-state index contributed by atoms with van der Waals surface area (Å²) in [6.45, 7) is 0. The molecule has 0 amide bonds. The Hall–Kier alpha value is -2.15. The van der Waals surface area contributed by atoms with E-state index < -0.39 is 0 Å². The molecule has 0 spiro atoms. The molecule has 0 aromatic heterocycles. The van der Waals surface area contributed by atoms with Crippen molar-refractivity contribution in [2.45, 2.75) is 44.9 Å². The second kappa shape index (κ2) is 9.36. The molecule has 0 radical (unpaired) electrons. The van der Waals surface area contributed by atoms with Crippen LogP contribution < -0.4 is 0 Å². The lowest BCUT2D eigenvalue weighted by atomic mass is 9.95. The summed E-state index contributed by atoms with van der Waals surface area (Å²) in [7, 11) is 1.84. The minimum absolute atomic E-state index is 0.699. The van der Waals surface area contributed by atoms with Crippen LogP contribution in [0.2, 0.25) is 0 Å². The van der Waals surface area contributed by atoms with Crippen LogP contribution >= 0.6 is 0 Å². The fraction of sp³-hybridized carbons (Fsp3) is 0.375. The molecule has 0 fully saturated rings. The maximum Gasteiger partial charge on any atom is 0.0287 e. The van der Waals surface area contributed by atoms with E-state index in [9.17, 15) is 0 Å². The van der Waals surface area contributed by atoms with Gasteiger partial charge in [0.05, 0.1) is 0 Å². The van der Waals surface area contributed by atoms with Crippen molar-refractivity contribution >= 4 is 11.8 Å². The van der Waals surface area contributed by atoms with E-state index in [0.29, 0.717) is 5.92 Å². The Morgan fingerprint density at radius 2 is 1.80 bits per heavy atom. The van der Waals surface area contributed by atoms with Crippen LogP contribution in [0.3, 0.4) is 0 Å². The highest BCUT2D eigenvalue weighted by molar-refractivity contribution is 6.11. The Labute approximate surface area is 152 Å². The van der Waals surface area contributed by atoms with Crippen molar-refractivity contribution in [3.05, 3.63) is 77.4 Å². The number of allylic oxidation sites excluding steroid dienone is 8. The summed E-state index contributed by atoms with van der Waals surface area (Å²) in [4.78, 5) is 4.22. The molecule has 1 heteroatoms. The topological polar surface area (TPSA) is 12.4 Å². The molecule has 2 aliphatic carbocycles. The van der Waals surface area contributed by atoms with Crippen molar-refractivity contribution in [1.29, 1.82) is 0 Å². The van der Waals surface area contributed by atoms with Crippen LogP contribution in [0, 0.1) is 5.92 Å². The molecule has 0 N–H and O–H groups in total. The van der Waals surface area contributed by atoms with Crippen LogP contribution in [-0.4, -0.2) is 13.3 Å². The Morgan fingerprint density at radius 1 is 1.00 bits per heavy atom. The first-order valence-electron chi connectivity index (χ1n) is 9.62. The van der Waals surface area contributed by atoms with Gasteiger partial charge in [0.25, 0.3) is 0 Å². The van der Waals surface area contributed by atoms with Gasteiger partial charge in [0, 0.05) is 13.3 Å². The van der Waals surface area contributed by atoms with Gasteiger partial charge in [0.2, 0.25) is 0 Å². The predicted molar refractivity (Wildman–Crippen MR) is 110 cm³/mol. The quantitative estimate of drug-likeness (QED) is 0.389. The van der Waals surface area contributed by atoms with Gasteiger partial charge in [-0.1, -0.05) is 85.6 Å². The number of nitrogens with zero attached hydrogens (tertiary/aromatic N) is 1. The average Bonchev–Trinajstić information content (AvgIpc) is 3.08. The summed E-state index contributed by atoms with van der Waals surface area (Å²) in [5, 5.41) is 0. The lowest BCUT2D eigenvalue weighted by molar-refractivity contribution is 0.579. The van der Waals surface area contributed by atoms with Gasteiger partial charge in [-0.15, -0.1) is 0 Å². The molecule has 130 valence electrons. The summed E-state index contributed by atoms with van der Waals surface area (Å²) in [6, 6.07) is 8.74. The van der Waals surface area contributed by atoms with E-state index in [0.717, 1.165) is 6.42 Å². The molecule has 1 nitrogen and oxygen atoms in total. The highest BCUT2D eigenvalue weighted by atomic mass is 14.6. The number of unbranched alkanes of at least 4 members (excludes halogenated alkanes) is 3. The predicted octanol–water partition coefficient (Wildman–Crippen LogP) is 6.34. The van der Waals surface area contributed by atoms with Gasteiger partial charge in [0.15, 0.2) is 0 Å². The molecule has 1 aromatic rings. The molecule has 0 unspecified atom stereocenters. The lowest BCUT2D eigenvalue weighted by Gasteiger charge is -2.10. The van der Waals surface area contributed by atoms with E-state index in [2.05, 4.69) is 65.7 Å². The van der Waals surface area contributed by atoms with E-state index in [-0.39, 0.29) is 0 Å². The van der Waals surface area contributed by atoms with Crippen LogP contribution in [0.5, 0.6) is 0 Å². The number of rotatable bonds is 8. The van der Waals surface area contributed by atoms with E-state index in [4.69, 9.17) is 0 Å². The van der Waals surface area contributed by atoms with E-state index in [1.165, 1.54) is 55.2 Å². The number of hydrogen-bond donors (Lipinski definition) is 0. The van der Waals surface area contributed by atoms with Crippen LogP contribution in [0.25, 0.3) is 5.57 Å². The third-order valence-corrected chi connectivity index (χ3v) is 5.13. The smallest absolute Gasteiger partial charge is 0.0287 e. The van der Waals surface area contributed by atoms with E-state index in [1.54, 1.807) is 5.57 Å². The zero-order valence-corrected chi connectivity index (χ0v) is 15.3. The number of hydrogen-bond acceptors (Lipinski definition) is 1. The molecule has 0 atom stereocenters. The third-order valence-electron chi connectivity index (χ3n) is 5.13. The zero-order chi connectivity index (χ0) is 17.3. The van der Waals surface area contributed by atoms with Gasteiger partial charge in [-0.3, -0.25) is 4.99 Å². The molecular weight excluding hydrogens is 302 g/mol. The zero-order valence-electron chi connectivity index (χ0n) is 15.3. The first-order chi connectivity index (χ1) is 12.4. The molecule has 1 aromatic carbocycles. The minimum Gasteiger partial charge on any atom is -0.296 e. The maximum absolute atomic E-state index is 4.22.